The molecule has 3 aliphatic heterocycles. The fourth-order valence-electron chi connectivity index (χ4n) is 6.60. The van der Waals surface area contributed by atoms with E-state index in [0.717, 1.165) is 76.8 Å². The minimum atomic E-state index is -0.0151. The number of likely N-dealkylation sites (tertiary alicyclic amines) is 2. The van der Waals surface area contributed by atoms with Gasteiger partial charge in [0, 0.05) is 54.9 Å². The first-order valence-electron chi connectivity index (χ1n) is 14.8. The minimum Gasteiger partial charge on any atom is -0.352 e. The number of nitrogens with one attached hydrogen (secondary N) is 2. The molecule has 8 heteroatoms. The fraction of sp³-hybridized carbons (Fsp3) is 0.364. The topological polar surface area (TPSA) is 82.0 Å². The third-order valence-electron chi connectivity index (χ3n) is 9.13. The van der Waals surface area contributed by atoms with Gasteiger partial charge in [0.1, 0.15) is 0 Å². The number of nitrogens with zero attached hydrogens (tertiary/aromatic N) is 4. The summed E-state index contributed by atoms with van der Waals surface area (Å²) in [6, 6.07) is 18.4. The van der Waals surface area contributed by atoms with Crippen LogP contribution in [-0.2, 0) is 6.54 Å². The maximum absolute atomic E-state index is 13.3. The molecule has 0 saturated carbocycles. The van der Waals surface area contributed by atoms with E-state index in [0.29, 0.717) is 12.6 Å². The smallest absolute Gasteiger partial charge is 0.253 e. The number of imidazole rings is 1. The van der Waals surface area contributed by atoms with Gasteiger partial charge in [-0.15, -0.1) is 0 Å². The van der Waals surface area contributed by atoms with Crippen molar-refractivity contribution in [1.29, 1.82) is 0 Å². The molecule has 5 heterocycles. The van der Waals surface area contributed by atoms with Crippen molar-refractivity contribution in [3.63, 3.8) is 0 Å². The summed E-state index contributed by atoms with van der Waals surface area (Å²) >= 11 is 0. The third-order valence-corrected chi connectivity index (χ3v) is 9.13. The lowest BCUT2D eigenvalue weighted by Crippen LogP contribution is -2.48. The van der Waals surface area contributed by atoms with E-state index in [2.05, 4.69) is 44.0 Å². The van der Waals surface area contributed by atoms with E-state index in [1.807, 2.05) is 53.6 Å². The molecule has 2 aromatic carbocycles. The molecule has 0 aliphatic carbocycles. The Morgan fingerprint density at radius 1 is 0.951 bits per heavy atom. The second-order valence-electron chi connectivity index (χ2n) is 11.8. The van der Waals surface area contributed by atoms with Crippen molar-refractivity contribution in [3.8, 4) is 11.3 Å². The average molecular weight is 549 g/mol. The van der Waals surface area contributed by atoms with Crippen LogP contribution in [0.4, 0.5) is 11.4 Å². The molecule has 0 unspecified atom stereocenters. The monoisotopic (exact) mass is 548 g/mol. The van der Waals surface area contributed by atoms with Crippen molar-refractivity contribution < 1.29 is 9.59 Å². The number of benzene rings is 2. The van der Waals surface area contributed by atoms with E-state index < -0.39 is 0 Å². The predicted octanol–water partition coefficient (Wildman–Crippen LogP) is 5.32. The van der Waals surface area contributed by atoms with Crippen molar-refractivity contribution in [2.24, 2.45) is 5.92 Å². The van der Waals surface area contributed by atoms with Crippen LogP contribution in [0.15, 0.2) is 67.0 Å². The number of carbonyl (C=O) groups excluding carboxylic acids is 2. The number of anilines is 2. The summed E-state index contributed by atoms with van der Waals surface area (Å²) in [7, 11) is 0. The lowest BCUT2D eigenvalue weighted by Gasteiger charge is -2.41. The van der Waals surface area contributed by atoms with Crippen molar-refractivity contribution in [3.05, 3.63) is 83.7 Å². The Morgan fingerprint density at radius 3 is 2.51 bits per heavy atom. The van der Waals surface area contributed by atoms with E-state index in [1.165, 1.54) is 25.9 Å². The van der Waals surface area contributed by atoms with Gasteiger partial charge in [0.25, 0.3) is 11.8 Å². The lowest BCUT2D eigenvalue weighted by molar-refractivity contribution is 0.0560. The first kappa shape index (κ1) is 25.8. The Morgan fingerprint density at radius 2 is 1.73 bits per heavy atom. The van der Waals surface area contributed by atoms with Crippen molar-refractivity contribution in [1.82, 2.24) is 24.5 Å². The quantitative estimate of drug-likeness (QED) is 0.353. The second kappa shape index (κ2) is 10.7. The number of fused-ring (bicyclic) bond motifs is 2. The van der Waals surface area contributed by atoms with Crippen molar-refractivity contribution in [2.75, 3.05) is 31.5 Å². The summed E-state index contributed by atoms with van der Waals surface area (Å²) in [6.07, 6.45) is 8.46. The molecule has 2 saturated heterocycles. The molecule has 8 nitrogen and oxygen atoms in total. The van der Waals surface area contributed by atoms with Gasteiger partial charge in [0.2, 0.25) is 0 Å². The van der Waals surface area contributed by atoms with Gasteiger partial charge in [-0.2, -0.15) is 0 Å². The summed E-state index contributed by atoms with van der Waals surface area (Å²) < 4.78 is 2.06. The van der Waals surface area contributed by atoms with Crippen molar-refractivity contribution in [2.45, 2.75) is 45.2 Å². The second-order valence-corrected chi connectivity index (χ2v) is 11.8. The van der Waals surface area contributed by atoms with Crippen molar-refractivity contribution >= 4 is 28.8 Å². The molecule has 7 rings (SSSR count). The normalized spacial score (nSPS) is 18.5. The summed E-state index contributed by atoms with van der Waals surface area (Å²) in [5, 5.41) is 6.36. The molecule has 210 valence electrons. The molecule has 0 radical (unpaired) electrons. The molecule has 2 fully saturated rings. The highest BCUT2D eigenvalue weighted by molar-refractivity contribution is 5.99. The standard InChI is InChI=1S/C33H36N6O2/c1-22-10-15-37(16-11-22)27-12-17-38(18-13-27)33(41)23-2-5-26(6-3-23)36-29-8-9-30(39-19-14-34-31(29)39)24-4-7-28-25(20-24)21-35-32(28)40/h2-9,14,19-20,22,27,36H,10-13,15-18,21H2,1H3,(H,35,40). The first-order chi connectivity index (χ1) is 20.0. The van der Waals surface area contributed by atoms with Crippen LogP contribution in [0, 0.1) is 5.92 Å². The van der Waals surface area contributed by atoms with Crippen LogP contribution in [-0.4, -0.2) is 63.2 Å². The van der Waals surface area contributed by atoms with Gasteiger partial charge in [0.05, 0.1) is 11.4 Å². The molecule has 0 spiro atoms. The van der Waals surface area contributed by atoms with Crippen LogP contribution in [0.1, 0.15) is 58.9 Å². The number of piperidine rings is 2. The molecule has 41 heavy (non-hydrogen) atoms. The third kappa shape index (κ3) is 4.97. The molecule has 0 bridgehead atoms. The highest BCUT2D eigenvalue weighted by atomic mass is 16.2. The summed E-state index contributed by atoms with van der Waals surface area (Å²) in [4.78, 5) is 34.5. The average Bonchev–Trinajstić information content (AvgIpc) is 3.65. The Balaban J connectivity index is 1.02. The number of hydrogen-bond acceptors (Lipinski definition) is 5. The molecule has 0 atom stereocenters. The van der Waals surface area contributed by atoms with Crippen LogP contribution < -0.4 is 10.6 Å². The highest BCUT2D eigenvalue weighted by Crippen LogP contribution is 2.30. The summed E-state index contributed by atoms with van der Waals surface area (Å²) in [5.74, 6) is 0.949. The van der Waals surface area contributed by atoms with Gasteiger partial charge < -0.3 is 20.4 Å². The molecular weight excluding hydrogens is 512 g/mol. The van der Waals surface area contributed by atoms with Gasteiger partial charge in [-0.3, -0.25) is 14.0 Å². The maximum Gasteiger partial charge on any atom is 0.253 e. The van der Waals surface area contributed by atoms with Gasteiger partial charge in [-0.05, 0) is 104 Å². The SMILES string of the molecule is CC1CCN(C2CCN(C(=O)c3ccc(Nc4ccc(-c5ccc6c(c5)CNC6=O)n5ccnc45)cc3)CC2)CC1. The van der Waals surface area contributed by atoms with E-state index in [-0.39, 0.29) is 11.8 Å². The van der Waals surface area contributed by atoms with E-state index in [9.17, 15) is 9.59 Å². The minimum absolute atomic E-state index is 0.0151. The van der Waals surface area contributed by atoms with Crippen LogP contribution >= 0.6 is 0 Å². The molecule has 2 aromatic heterocycles. The van der Waals surface area contributed by atoms with Gasteiger partial charge in [-0.25, -0.2) is 4.98 Å². The van der Waals surface area contributed by atoms with Crippen LogP contribution in [0.2, 0.25) is 0 Å². The molecular formula is C33H36N6O2. The molecule has 4 aromatic rings. The van der Waals surface area contributed by atoms with Gasteiger partial charge in [-0.1, -0.05) is 13.0 Å². The van der Waals surface area contributed by atoms with Crippen LogP contribution in [0.5, 0.6) is 0 Å². The summed E-state index contributed by atoms with van der Waals surface area (Å²) in [6.45, 7) is 6.98. The highest BCUT2D eigenvalue weighted by Gasteiger charge is 2.29. The van der Waals surface area contributed by atoms with E-state index in [4.69, 9.17) is 0 Å². The zero-order valence-electron chi connectivity index (χ0n) is 23.5. The first-order valence-corrected chi connectivity index (χ1v) is 14.8. The van der Waals surface area contributed by atoms with Gasteiger partial charge in [0.15, 0.2) is 5.65 Å². The molecule has 3 aliphatic rings. The number of rotatable bonds is 5. The summed E-state index contributed by atoms with van der Waals surface area (Å²) in [5.41, 5.74) is 7.11. The van der Waals surface area contributed by atoms with Crippen LogP contribution in [0.25, 0.3) is 16.9 Å². The van der Waals surface area contributed by atoms with E-state index in [1.54, 1.807) is 6.20 Å². The van der Waals surface area contributed by atoms with Crippen LogP contribution in [0.3, 0.4) is 0 Å². The number of carbonyl (C=O) groups is 2. The number of pyridine rings is 1. The lowest BCUT2D eigenvalue weighted by atomic mass is 9.94. The van der Waals surface area contributed by atoms with Gasteiger partial charge >= 0.3 is 0 Å². The van der Waals surface area contributed by atoms with E-state index >= 15 is 0 Å². The number of amides is 2. The molecule has 2 amide bonds. The Kier molecular flexibility index (Phi) is 6.71. The Labute approximate surface area is 240 Å². The largest absolute Gasteiger partial charge is 0.352 e. The Bertz CT molecular complexity index is 1590. The number of aromatic nitrogens is 2. The predicted molar refractivity (Wildman–Crippen MR) is 160 cm³/mol. The number of hydrogen-bond donors (Lipinski definition) is 2. The fourth-order valence-corrected chi connectivity index (χ4v) is 6.60. The maximum atomic E-state index is 13.3. The Hall–Kier alpha value is -4.17. The molecule has 2 N–H and O–H groups in total. The zero-order chi connectivity index (χ0) is 27.9. The zero-order valence-corrected chi connectivity index (χ0v) is 23.5.